The van der Waals surface area contributed by atoms with E-state index in [1.54, 1.807) is 30.5 Å². The second kappa shape index (κ2) is 7.00. The number of nitrogens with zero attached hydrogens (tertiary/aromatic N) is 1. The summed E-state index contributed by atoms with van der Waals surface area (Å²) in [4.78, 5) is 16.4. The van der Waals surface area contributed by atoms with Crippen LogP contribution in [0.5, 0.6) is 17.4 Å². The van der Waals surface area contributed by atoms with Gasteiger partial charge in [-0.1, -0.05) is 11.6 Å². The van der Waals surface area contributed by atoms with Crippen LogP contribution in [-0.2, 0) is 0 Å². The molecule has 0 aliphatic heterocycles. The second-order valence-electron chi connectivity index (χ2n) is 4.20. The van der Waals surface area contributed by atoms with Gasteiger partial charge >= 0.3 is 0 Å². The summed E-state index contributed by atoms with van der Waals surface area (Å²) in [6.45, 7) is 0. The highest BCUT2D eigenvalue weighted by Gasteiger charge is 2.17. The lowest BCUT2D eigenvalue weighted by Gasteiger charge is -2.13. The fourth-order valence-corrected chi connectivity index (χ4v) is 2.10. The highest BCUT2D eigenvalue weighted by molar-refractivity contribution is 6.32. The van der Waals surface area contributed by atoms with Crippen LogP contribution in [0, 0.1) is 0 Å². The molecule has 7 heteroatoms. The van der Waals surface area contributed by atoms with Crippen LogP contribution in [0.1, 0.15) is 10.4 Å². The Balaban J connectivity index is 2.35. The summed E-state index contributed by atoms with van der Waals surface area (Å²) < 4.78 is 15.4. The fourth-order valence-electron chi connectivity index (χ4n) is 1.87. The summed E-state index contributed by atoms with van der Waals surface area (Å²) >= 11 is 6.03. The number of anilines is 1. The highest BCUT2D eigenvalue weighted by atomic mass is 35.5. The predicted molar refractivity (Wildman–Crippen MR) is 83.3 cm³/mol. The maximum absolute atomic E-state index is 12.4. The zero-order valence-corrected chi connectivity index (χ0v) is 13.1. The lowest BCUT2D eigenvalue weighted by Crippen LogP contribution is -2.14. The van der Waals surface area contributed by atoms with Crippen molar-refractivity contribution in [3.8, 4) is 17.4 Å². The fraction of sp³-hybridized carbons (Fsp3) is 0.200. The molecule has 0 radical (unpaired) electrons. The van der Waals surface area contributed by atoms with Crippen LogP contribution in [0.15, 0.2) is 30.5 Å². The average molecular weight is 323 g/mol. The summed E-state index contributed by atoms with van der Waals surface area (Å²) in [5.41, 5.74) is 0.737. The summed E-state index contributed by atoms with van der Waals surface area (Å²) in [7, 11) is 4.42. The topological polar surface area (TPSA) is 69.7 Å². The lowest BCUT2D eigenvalue weighted by molar-refractivity contribution is 0.102. The van der Waals surface area contributed by atoms with Gasteiger partial charge < -0.3 is 19.5 Å². The standard InChI is InChI=1S/C15H15ClN2O4/c1-20-12-8-11(13(21-2)7-10(12)16)18-14(19)9-5-4-6-17-15(9)22-3/h4-8H,1-3H3,(H,18,19). The SMILES string of the molecule is COc1cc(NC(=O)c2cccnc2OC)c(OC)cc1Cl. The van der Waals surface area contributed by atoms with E-state index in [0.29, 0.717) is 27.8 Å². The quantitative estimate of drug-likeness (QED) is 0.916. The summed E-state index contributed by atoms with van der Waals surface area (Å²) in [5, 5.41) is 3.12. The maximum atomic E-state index is 12.4. The van der Waals surface area contributed by atoms with Gasteiger partial charge in [-0.15, -0.1) is 0 Å². The Kier molecular flexibility index (Phi) is 5.06. The number of halogens is 1. The van der Waals surface area contributed by atoms with Gasteiger partial charge in [-0.3, -0.25) is 4.79 Å². The summed E-state index contributed by atoms with van der Waals surface area (Å²) in [6, 6.07) is 6.41. The first kappa shape index (κ1) is 15.9. The molecule has 116 valence electrons. The Morgan fingerprint density at radius 2 is 1.86 bits per heavy atom. The van der Waals surface area contributed by atoms with Gasteiger partial charge in [0.25, 0.3) is 5.91 Å². The molecule has 1 amide bonds. The van der Waals surface area contributed by atoms with Crippen molar-refractivity contribution >= 4 is 23.2 Å². The Morgan fingerprint density at radius 3 is 2.50 bits per heavy atom. The number of rotatable bonds is 5. The van der Waals surface area contributed by atoms with Gasteiger partial charge in [-0.05, 0) is 12.1 Å². The monoisotopic (exact) mass is 322 g/mol. The molecule has 0 aliphatic carbocycles. The number of methoxy groups -OCH3 is 3. The number of carbonyl (C=O) groups excluding carboxylic acids is 1. The van der Waals surface area contributed by atoms with Crippen molar-refractivity contribution in [2.75, 3.05) is 26.6 Å². The number of amides is 1. The smallest absolute Gasteiger partial charge is 0.261 e. The van der Waals surface area contributed by atoms with E-state index < -0.39 is 0 Å². The summed E-state index contributed by atoms with van der Waals surface area (Å²) in [6.07, 6.45) is 1.54. The minimum Gasteiger partial charge on any atom is -0.495 e. The van der Waals surface area contributed by atoms with Crippen LogP contribution in [0.3, 0.4) is 0 Å². The van der Waals surface area contributed by atoms with Gasteiger partial charge in [0.15, 0.2) is 0 Å². The van der Waals surface area contributed by atoms with Crippen LogP contribution in [0.2, 0.25) is 5.02 Å². The molecule has 1 aromatic carbocycles. The van der Waals surface area contributed by atoms with Crippen molar-refractivity contribution < 1.29 is 19.0 Å². The number of aromatic nitrogens is 1. The molecule has 0 fully saturated rings. The maximum Gasteiger partial charge on any atom is 0.261 e. The van der Waals surface area contributed by atoms with Gasteiger partial charge in [-0.25, -0.2) is 4.98 Å². The van der Waals surface area contributed by atoms with E-state index in [4.69, 9.17) is 25.8 Å². The molecule has 0 spiro atoms. The first-order valence-corrected chi connectivity index (χ1v) is 6.70. The predicted octanol–water partition coefficient (Wildman–Crippen LogP) is 3.01. The molecule has 1 aromatic heterocycles. The highest BCUT2D eigenvalue weighted by Crippen LogP contribution is 2.36. The second-order valence-corrected chi connectivity index (χ2v) is 4.61. The third-order valence-electron chi connectivity index (χ3n) is 2.93. The first-order valence-electron chi connectivity index (χ1n) is 6.32. The molecular weight excluding hydrogens is 308 g/mol. The van der Waals surface area contributed by atoms with E-state index in [1.807, 2.05) is 0 Å². The number of hydrogen-bond donors (Lipinski definition) is 1. The normalized spacial score (nSPS) is 10.0. The van der Waals surface area contributed by atoms with Crippen LogP contribution >= 0.6 is 11.6 Å². The van der Waals surface area contributed by atoms with Crippen molar-refractivity contribution in [3.63, 3.8) is 0 Å². The summed E-state index contributed by atoms with van der Waals surface area (Å²) in [5.74, 6) is 0.699. The molecule has 1 heterocycles. The van der Waals surface area contributed by atoms with E-state index in [1.165, 1.54) is 21.3 Å². The van der Waals surface area contributed by atoms with Crippen LogP contribution in [0.25, 0.3) is 0 Å². The van der Waals surface area contributed by atoms with Crippen molar-refractivity contribution in [1.29, 1.82) is 0 Å². The average Bonchev–Trinajstić information content (AvgIpc) is 2.55. The molecule has 0 aliphatic rings. The Hall–Kier alpha value is -2.47. The molecule has 22 heavy (non-hydrogen) atoms. The van der Waals surface area contributed by atoms with Crippen molar-refractivity contribution in [2.45, 2.75) is 0 Å². The van der Waals surface area contributed by atoms with Crippen molar-refractivity contribution in [3.05, 3.63) is 41.0 Å². The molecule has 0 bridgehead atoms. The minimum absolute atomic E-state index is 0.236. The van der Waals surface area contributed by atoms with Gasteiger partial charge in [0, 0.05) is 18.3 Å². The van der Waals surface area contributed by atoms with Gasteiger partial charge in [0.05, 0.1) is 32.0 Å². The van der Waals surface area contributed by atoms with E-state index in [0.717, 1.165) is 0 Å². The van der Waals surface area contributed by atoms with Gasteiger partial charge in [0.2, 0.25) is 5.88 Å². The number of carbonyl (C=O) groups is 1. The zero-order valence-electron chi connectivity index (χ0n) is 12.3. The molecular formula is C15H15ClN2O4. The Labute approximate surface area is 133 Å². The Morgan fingerprint density at radius 1 is 1.14 bits per heavy atom. The molecule has 2 rings (SSSR count). The third kappa shape index (κ3) is 3.23. The lowest BCUT2D eigenvalue weighted by atomic mass is 10.2. The molecule has 2 aromatic rings. The minimum atomic E-state index is -0.382. The van der Waals surface area contributed by atoms with Crippen LogP contribution in [0.4, 0.5) is 5.69 Å². The van der Waals surface area contributed by atoms with E-state index in [9.17, 15) is 4.79 Å². The van der Waals surface area contributed by atoms with Crippen LogP contribution in [-0.4, -0.2) is 32.2 Å². The van der Waals surface area contributed by atoms with Crippen molar-refractivity contribution in [2.24, 2.45) is 0 Å². The number of ether oxygens (including phenoxy) is 3. The number of hydrogen-bond acceptors (Lipinski definition) is 5. The zero-order chi connectivity index (χ0) is 16.1. The third-order valence-corrected chi connectivity index (χ3v) is 3.23. The molecule has 6 nitrogen and oxygen atoms in total. The Bertz CT molecular complexity index is 691. The number of pyridine rings is 1. The van der Waals surface area contributed by atoms with Crippen LogP contribution < -0.4 is 19.5 Å². The number of benzene rings is 1. The molecule has 0 atom stereocenters. The first-order chi connectivity index (χ1) is 10.6. The number of nitrogens with one attached hydrogen (secondary N) is 1. The molecule has 0 saturated heterocycles. The molecule has 0 saturated carbocycles. The van der Waals surface area contributed by atoms with Gasteiger partial charge in [-0.2, -0.15) is 0 Å². The van der Waals surface area contributed by atoms with E-state index in [2.05, 4.69) is 10.3 Å². The van der Waals surface area contributed by atoms with E-state index >= 15 is 0 Å². The van der Waals surface area contributed by atoms with Crippen molar-refractivity contribution in [1.82, 2.24) is 4.98 Å². The molecule has 1 N–H and O–H groups in total. The molecule has 0 unspecified atom stereocenters. The largest absolute Gasteiger partial charge is 0.495 e. The van der Waals surface area contributed by atoms with Gasteiger partial charge in [0.1, 0.15) is 17.1 Å². The van der Waals surface area contributed by atoms with E-state index in [-0.39, 0.29) is 11.8 Å².